The maximum absolute atomic E-state index is 14.5. The number of ketones is 2. The summed E-state index contributed by atoms with van der Waals surface area (Å²) in [5, 5.41) is 26.8. The summed E-state index contributed by atoms with van der Waals surface area (Å²) in [7, 11) is 8.65. The average molecular weight is 934 g/mol. The number of aliphatic hydroxyl groups excluding tert-OH is 1. The molecule has 1 aliphatic carbocycles. The number of amides is 2. The summed E-state index contributed by atoms with van der Waals surface area (Å²) in [6.07, 6.45) is 4.76. The van der Waals surface area contributed by atoms with E-state index in [2.05, 4.69) is 17.1 Å². The molecule has 16 nitrogen and oxygen atoms in total. The number of allylic oxidation sites excluding steroid dienone is 3. The maximum Gasteiger partial charge on any atom is 0.329 e. The Balaban J connectivity index is 1.66. The number of aliphatic hydroxyl groups is 2. The monoisotopic (exact) mass is 934 g/mol. The number of nitrogens with zero attached hydrogens (tertiary/aromatic N) is 2. The van der Waals surface area contributed by atoms with E-state index in [4.69, 9.17) is 28.4 Å². The molecular formula is C50H83N3O13. The lowest BCUT2D eigenvalue weighted by Crippen LogP contribution is -2.64. The number of hydrogen-bond acceptors (Lipinski definition) is 14. The SMILES string of the molecule is CCC1=CC(C)C[C@H](C)C[C@H](OC)[C@H]2O[C@@](O)(C(=O)C(=O)N3CCCC[C@H]3C(=O)O[C@H](C(C)=C[C@H]3CC[C@@H](OCC(=O)NCCCN(C)C)C(OC)C3)[C@H](C)[C@@H](O)CC1=O)[C@H](C)C[C@@H]2OC. The van der Waals surface area contributed by atoms with E-state index in [0.717, 1.165) is 13.0 Å². The third kappa shape index (κ3) is 14.7. The highest BCUT2D eigenvalue weighted by molar-refractivity contribution is 6.39. The van der Waals surface area contributed by atoms with Crippen LogP contribution < -0.4 is 5.32 Å². The van der Waals surface area contributed by atoms with Gasteiger partial charge in [0.05, 0.1) is 30.5 Å². The van der Waals surface area contributed by atoms with E-state index in [1.54, 1.807) is 21.0 Å². The highest BCUT2D eigenvalue weighted by Gasteiger charge is 2.56. The molecule has 2 saturated heterocycles. The normalized spacial score (nSPS) is 36.3. The summed E-state index contributed by atoms with van der Waals surface area (Å²) in [5.41, 5.74) is 1.26. The molecule has 2 unspecified atom stereocenters. The number of fused-ring (bicyclic) bond motifs is 3. The Hall–Kier alpha value is -3.09. The Morgan fingerprint density at radius 1 is 0.939 bits per heavy atom. The standard InChI is InChI=1S/C50H83N3O13/c1-12-36-23-30(2)22-31(3)24-42(62-10)46-43(63-11)26-33(5)50(60,66-46)47(57)48(58)53-21-14-13-16-37(53)49(59)65-45(34(6)38(54)28-39(36)55)32(4)25-35-17-18-40(41(27-35)61-9)64-29-44(56)51-19-15-20-52(7)8/h23,25,30-31,33-35,37-38,40-43,45-46,54,60H,12-22,24,26-29H2,1-11H3,(H,51,56)/t30?,31-,33+,34+,35+,37-,38-,40+,41?,42-,43-,45+,46+,50+/m0/s1. The van der Waals surface area contributed by atoms with Crippen molar-refractivity contribution in [2.75, 3.05) is 61.7 Å². The first-order valence-electron chi connectivity index (χ1n) is 24.5. The number of piperidine rings is 1. The molecule has 14 atom stereocenters. The van der Waals surface area contributed by atoms with E-state index < -0.39 is 71.8 Å². The molecular weight excluding hydrogens is 851 g/mol. The number of ether oxygens (including phenoxy) is 6. The summed E-state index contributed by atoms with van der Waals surface area (Å²) in [6.45, 7) is 12.6. The van der Waals surface area contributed by atoms with E-state index >= 15 is 0 Å². The minimum Gasteiger partial charge on any atom is -0.456 e. The van der Waals surface area contributed by atoms with Crippen LogP contribution in [0.25, 0.3) is 0 Å². The van der Waals surface area contributed by atoms with Crippen LogP contribution in [0.5, 0.6) is 0 Å². The molecule has 2 amide bonds. The quantitative estimate of drug-likeness (QED) is 0.101. The van der Waals surface area contributed by atoms with E-state index in [-0.39, 0.29) is 74.1 Å². The minimum atomic E-state index is -2.52. The smallest absolute Gasteiger partial charge is 0.329 e. The second kappa shape index (κ2) is 26.0. The minimum absolute atomic E-state index is 0.0235. The second-order valence-corrected chi connectivity index (χ2v) is 19.9. The molecule has 0 radical (unpaired) electrons. The molecule has 16 heteroatoms. The van der Waals surface area contributed by atoms with Crippen LogP contribution in [0.4, 0.5) is 0 Å². The van der Waals surface area contributed by atoms with Gasteiger partial charge >= 0.3 is 5.97 Å². The van der Waals surface area contributed by atoms with E-state index in [9.17, 15) is 34.2 Å². The van der Waals surface area contributed by atoms with Gasteiger partial charge < -0.3 is 53.8 Å². The van der Waals surface area contributed by atoms with Gasteiger partial charge in [0.2, 0.25) is 11.7 Å². The van der Waals surface area contributed by atoms with Crippen molar-refractivity contribution < 1.29 is 62.6 Å². The molecule has 376 valence electrons. The topological polar surface area (TPSA) is 200 Å². The van der Waals surface area contributed by atoms with Crippen molar-refractivity contribution in [1.82, 2.24) is 15.1 Å². The predicted octanol–water partition coefficient (Wildman–Crippen LogP) is 4.57. The molecule has 0 aromatic rings. The fraction of sp³-hybridized carbons (Fsp3) is 0.820. The molecule has 4 rings (SSSR count). The van der Waals surface area contributed by atoms with Gasteiger partial charge in [-0.2, -0.15) is 0 Å². The van der Waals surface area contributed by atoms with Gasteiger partial charge in [-0.3, -0.25) is 19.2 Å². The Bertz CT molecular complexity index is 1690. The van der Waals surface area contributed by atoms with Crippen LogP contribution in [0.15, 0.2) is 23.3 Å². The van der Waals surface area contributed by atoms with E-state index in [0.29, 0.717) is 69.1 Å². The number of nitrogens with one attached hydrogen (secondary N) is 1. The van der Waals surface area contributed by atoms with Crippen molar-refractivity contribution in [2.24, 2.45) is 29.6 Å². The number of esters is 1. The fourth-order valence-corrected chi connectivity index (χ4v) is 10.5. The highest BCUT2D eigenvalue weighted by atomic mass is 16.7. The first-order valence-corrected chi connectivity index (χ1v) is 24.5. The van der Waals surface area contributed by atoms with Gasteiger partial charge in [-0.1, -0.05) is 46.8 Å². The highest BCUT2D eigenvalue weighted by Crippen LogP contribution is 2.39. The van der Waals surface area contributed by atoms with Crippen LogP contribution in [-0.4, -0.2) is 166 Å². The molecule has 0 aromatic carbocycles. The van der Waals surface area contributed by atoms with Crippen molar-refractivity contribution in [3.63, 3.8) is 0 Å². The average Bonchev–Trinajstić information content (AvgIpc) is 3.29. The third-order valence-electron chi connectivity index (χ3n) is 14.4. The van der Waals surface area contributed by atoms with Crippen LogP contribution >= 0.6 is 0 Å². The van der Waals surface area contributed by atoms with Crippen LogP contribution in [0.3, 0.4) is 0 Å². The molecule has 66 heavy (non-hydrogen) atoms. The van der Waals surface area contributed by atoms with Crippen molar-refractivity contribution in [3.8, 4) is 0 Å². The maximum atomic E-state index is 14.5. The zero-order valence-electron chi connectivity index (χ0n) is 41.8. The summed E-state index contributed by atoms with van der Waals surface area (Å²) in [6, 6.07) is -1.16. The lowest BCUT2D eigenvalue weighted by Gasteiger charge is -2.47. The molecule has 3 fully saturated rings. The lowest BCUT2D eigenvalue weighted by atomic mass is 9.81. The van der Waals surface area contributed by atoms with Gasteiger partial charge in [-0.15, -0.1) is 0 Å². The summed E-state index contributed by atoms with van der Waals surface area (Å²) >= 11 is 0. The summed E-state index contributed by atoms with van der Waals surface area (Å²) in [4.78, 5) is 72.9. The van der Waals surface area contributed by atoms with Crippen molar-refractivity contribution in [1.29, 1.82) is 0 Å². The summed E-state index contributed by atoms with van der Waals surface area (Å²) in [5.74, 6) is -7.47. The number of hydrogen-bond donors (Lipinski definition) is 3. The van der Waals surface area contributed by atoms with Crippen LogP contribution in [-0.2, 0) is 52.4 Å². The Morgan fingerprint density at radius 3 is 2.27 bits per heavy atom. The Morgan fingerprint density at radius 2 is 1.62 bits per heavy atom. The molecule has 0 spiro atoms. The van der Waals surface area contributed by atoms with Gasteiger partial charge in [0, 0.05) is 52.7 Å². The van der Waals surface area contributed by atoms with Crippen LogP contribution in [0.1, 0.15) is 119 Å². The van der Waals surface area contributed by atoms with Crippen LogP contribution in [0, 0.1) is 29.6 Å². The molecule has 0 aromatic heterocycles. The van der Waals surface area contributed by atoms with Gasteiger partial charge in [-0.25, -0.2) is 4.79 Å². The number of cyclic esters (lactones) is 1. The number of carbonyl (C=O) groups is 5. The zero-order chi connectivity index (χ0) is 48.9. The molecule has 2 bridgehead atoms. The molecule has 4 aliphatic rings. The molecule has 3 aliphatic heterocycles. The first kappa shape index (κ1) is 55.5. The van der Waals surface area contributed by atoms with Crippen molar-refractivity contribution >= 4 is 29.4 Å². The number of methoxy groups -OCH3 is 3. The molecule has 3 N–H and O–H groups in total. The predicted molar refractivity (Wildman–Crippen MR) is 248 cm³/mol. The third-order valence-corrected chi connectivity index (χ3v) is 14.4. The number of Topliss-reactive ketones (excluding diaryl/α,β-unsaturated/α-hetero) is 2. The second-order valence-electron chi connectivity index (χ2n) is 19.9. The Kier molecular flexibility index (Phi) is 21.9. The zero-order valence-corrected chi connectivity index (χ0v) is 41.8. The largest absolute Gasteiger partial charge is 0.456 e. The lowest BCUT2D eigenvalue weighted by molar-refractivity contribution is -0.302. The molecule has 3 heterocycles. The van der Waals surface area contributed by atoms with Crippen LogP contribution in [0.2, 0.25) is 0 Å². The Labute approximate surface area is 393 Å². The van der Waals surface area contributed by atoms with Gasteiger partial charge in [0.1, 0.15) is 24.9 Å². The van der Waals surface area contributed by atoms with E-state index in [1.807, 2.05) is 47.0 Å². The van der Waals surface area contributed by atoms with Gasteiger partial charge in [-0.05, 0) is 127 Å². The first-order chi connectivity index (χ1) is 31.3. The molecule has 1 saturated carbocycles. The van der Waals surface area contributed by atoms with Gasteiger partial charge in [0.25, 0.3) is 11.7 Å². The summed E-state index contributed by atoms with van der Waals surface area (Å²) < 4.78 is 36.3. The van der Waals surface area contributed by atoms with Crippen molar-refractivity contribution in [3.05, 3.63) is 23.3 Å². The fourth-order valence-electron chi connectivity index (χ4n) is 10.5. The van der Waals surface area contributed by atoms with E-state index in [1.165, 1.54) is 19.1 Å². The number of carbonyl (C=O) groups excluding carboxylic acids is 5. The number of rotatable bonds is 13. The van der Waals surface area contributed by atoms with Gasteiger partial charge in [0.15, 0.2) is 5.78 Å². The van der Waals surface area contributed by atoms with Crippen molar-refractivity contribution in [2.45, 2.75) is 173 Å².